The summed E-state index contributed by atoms with van der Waals surface area (Å²) >= 11 is 0. The highest BCUT2D eigenvalue weighted by Gasteiger charge is 2.25. The number of nitrogens with zero attached hydrogens (tertiary/aromatic N) is 6. The van der Waals surface area contributed by atoms with Crippen LogP contribution in [0.25, 0.3) is 33.3 Å². The zero-order valence-electron chi connectivity index (χ0n) is 25.4. The second kappa shape index (κ2) is 12.7. The number of fused-ring (bicyclic) bond motifs is 1. The predicted molar refractivity (Wildman–Crippen MR) is 181 cm³/mol. The van der Waals surface area contributed by atoms with Crippen molar-refractivity contribution in [3.63, 3.8) is 0 Å². The van der Waals surface area contributed by atoms with Gasteiger partial charge in [0.2, 0.25) is 0 Å². The van der Waals surface area contributed by atoms with Crippen molar-refractivity contribution in [2.24, 2.45) is 0 Å². The average molecular weight is 658 g/mol. The molecule has 1 N–H and O–H groups in total. The Morgan fingerprint density at radius 2 is 1.63 bits per heavy atom. The van der Waals surface area contributed by atoms with E-state index in [0.29, 0.717) is 23.1 Å². The van der Waals surface area contributed by atoms with Crippen LogP contribution < -0.4 is 10.2 Å². The summed E-state index contributed by atoms with van der Waals surface area (Å²) in [4.78, 5) is 11.9. The summed E-state index contributed by atoms with van der Waals surface area (Å²) in [5, 5.41) is 8.62. The molecule has 0 aliphatic carbocycles. The zero-order chi connectivity index (χ0) is 31.1. The lowest BCUT2D eigenvalue weighted by molar-refractivity contribution is 0.585. The smallest absolute Gasteiger partial charge is 0.269 e. The summed E-state index contributed by atoms with van der Waals surface area (Å²) in [6.07, 6.45) is 6.87. The third kappa shape index (κ3) is 5.89. The Morgan fingerprint density at radius 3 is 2.35 bits per heavy atom. The second-order valence-electron chi connectivity index (χ2n) is 11.3. The fourth-order valence-corrected chi connectivity index (χ4v) is 7.10. The van der Waals surface area contributed by atoms with Crippen LogP contribution in [-0.2, 0) is 16.6 Å². The van der Waals surface area contributed by atoms with E-state index in [4.69, 9.17) is 9.97 Å². The molecule has 0 saturated carbocycles. The first-order chi connectivity index (χ1) is 21.8. The molecule has 12 heteroatoms. The molecular weight excluding hydrogens is 625 g/mol. The van der Waals surface area contributed by atoms with Gasteiger partial charge in [0.15, 0.2) is 5.65 Å². The summed E-state index contributed by atoms with van der Waals surface area (Å²) in [6, 6.07) is 19.2. The number of benzene rings is 2. The Bertz CT molecular complexity index is 2120. The number of rotatable bonds is 7. The summed E-state index contributed by atoms with van der Waals surface area (Å²) in [7, 11) is -3.96. The first-order valence-corrected chi connectivity index (χ1v) is 16.2. The fraction of sp³-hybridized carbons (Fsp3) is 0.206. The standard InChI is InChI=1S/C34H32FN7O2S.ClH/c1-23-6-9-29(10-7-23)45(43,44)42-22-32(31-20-39-41(24(31)2)21-25-4-3-5-28(35)16-25)30-17-27(19-38-34(30)42)26-8-11-33(37-18-26)40-14-12-36-13-15-40;/h3-11,16-20,22,36H,12-15,21H2,1-2H3;1H. The molecule has 0 unspecified atom stereocenters. The predicted octanol–water partition coefficient (Wildman–Crippen LogP) is 5.83. The van der Waals surface area contributed by atoms with Gasteiger partial charge in [0.25, 0.3) is 10.0 Å². The number of aromatic nitrogens is 5. The highest BCUT2D eigenvalue weighted by atomic mass is 35.5. The molecule has 46 heavy (non-hydrogen) atoms. The second-order valence-corrected chi connectivity index (χ2v) is 13.1. The van der Waals surface area contributed by atoms with Crippen molar-refractivity contribution in [2.75, 3.05) is 31.1 Å². The van der Waals surface area contributed by atoms with Gasteiger partial charge in [-0.2, -0.15) is 5.10 Å². The van der Waals surface area contributed by atoms with Crippen molar-refractivity contribution >= 4 is 39.3 Å². The molecule has 6 aromatic rings. The van der Waals surface area contributed by atoms with Crippen LogP contribution in [0.3, 0.4) is 0 Å². The molecule has 0 atom stereocenters. The molecule has 7 rings (SSSR count). The van der Waals surface area contributed by atoms with E-state index in [-0.39, 0.29) is 23.1 Å². The summed E-state index contributed by atoms with van der Waals surface area (Å²) in [6.45, 7) is 7.86. The Hall–Kier alpha value is -4.58. The lowest BCUT2D eigenvalue weighted by Gasteiger charge is -2.28. The van der Waals surface area contributed by atoms with Crippen molar-refractivity contribution in [3.8, 4) is 22.3 Å². The molecule has 0 spiro atoms. The van der Waals surface area contributed by atoms with Gasteiger partial charge < -0.3 is 10.2 Å². The highest BCUT2D eigenvalue weighted by molar-refractivity contribution is 7.90. The van der Waals surface area contributed by atoms with Gasteiger partial charge in [-0.1, -0.05) is 29.8 Å². The van der Waals surface area contributed by atoms with Crippen molar-refractivity contribution in [1.82, 2.24) is 29.0 Å². The topological polar surface area (TPSA) is 97.9 Å². The van der Waals surface area contributed by atoms with Gasteiger partial charge in [-0.25, -0.2) is 26.7 Å². The van der Waals surface area contributed by atoms with Gasteiger partial charge in [-0.05, 0) is 61.9 Å². The Balaban J connectivity index is 0.00000372. The van der Waals surface area contributed by atoms with E-state index in [0.717, 1.165) is 65.5 Å². The Labute approximate surface area is 273 Å². The molecular formula is C34H33ClFN7O2S. The van der Waals surface area contributed by atoms with Crippen molar-refractivity contribution in [3.05, 3.63) is 114 Å². The average Bonchev–Trinajstić information content (AvgIpc) is 3.61. The van der Waals surface area contributed by atoms with Crippen LogP contribution in [0.1, 0.15) is 16.8 Å². The molecule has 9 nitrogen and oxygen atoms in total. The number of anilines is 1. The van der Waals surface area contributed by atoms with Crippen LogP contribution in [0.4, 0.5) is 10.2 Å². The maximum Gasteiger partial charge on any atom is 0.269 e. The molecule has 4 aromatic heterocycles. The number of halogens is 2. The molecule has 1 saturated heterocycles. The van der Waals surface area contributed by atoms with Crippen molar-refractivity contribution < 1.29 is 12.8 Å². The largest absolute Gasteiger partial charge is 0.354 e. The molecule has 5 heterocycles. The molecule has 0 amide bonds. The molecule has 0 radical (unpaired) electrons. The summed E-state index contributed by atoms with van der Waals surface area (Å²) < 4.78 is 44.8. The molecule has 1 aliphatic heterocycles. The van der Waals surface area contributed by atoms with Crippen LogP contribution >= 0.6 is 12.4 Å². The number of piperazine rings is 1. The minimum atomic E-state index is -3.96. The first kappa shape index (κ1) is 31.4. The van der Waals surface area contributed by atoms with Crippen LogP contribution in [0, 0.1) is 19.7 Å². The van der Waals surface area contributed by atoms with Gasteiger partial charge in [0.1, 0.15) is 11.6 Å². The van der Waals surface area contributed by atoms with E-state index in [1.54, 1.807) is 53.6 Å². The quantitative estimate of drug-likeness (QED) is 0.231. The van der Waals surface area contributed by atoms with Crippen LogP contribution in [0.5, 0.6) is 0 Å². The van der Waals surface area contributed by atoms with E-state index in [9.17, 15) is 12.8 Å². The monoisotopic (exact) mass is 657 g/mol. The van der Waals surface area contributed by atoms with Gasteiger partial charge in [0, 0.05) is 78.1 Å². The molecule has 0 bridgehead atoms. The summed E-state index contributed by atoms with van der Waals surface area (Å²) in [5.41, 5.74) is 6.02. The minimum Gasteiger partial charge on any atom is -0.354 e. The van der Waals surface area contributed by atoms with E-state index >= 15 is 0 Å². The summed E-state index contributed by atoms with van der Waals surface area (Å²) in [5.74, 6) is 0.614. The third-order valence-electron chi connectivity index (χ3n) is 8.33. The van der Waals surface area contributed by atoms with Gasteiger partial charge in [-0.3, -0.25) is 4.68 Å². The Kier molecular flexibility index (Phi) is 8.65. The highest BCUT2D eigenvalue weighted by Crippen LogP contribution is 2.36. The third-order valence-corrected chi connectivity index (χ3v) is 9.99. The lowest BCUT2D eigenvalue weighted by Crippen LogP contribution is -2.43. The number of nitrogens with one attached hydrogen (secondary N) is 1. The van der Waals surface area contributed by atoms with Crippen LogP contribution in [0.2, 0.25) is 0 Å². The Morgan fingerprint density at radius 1 is 0.870 bits per heavy atom. The number of aryl methyl sites for hydroxylation is 1. The van der Waals surface area contributed by atoms with Gasteiger partial charge >= 0.3 is 0 Å². The maximum atomic E-state index is 14.0. The molecule has 1 fully saturated rings. The number of pyridine rings is 2. The number of hydrogen-bond donors (Lipinski definition) is 1. The van der Waals surface area contributed by atoms with E-state index in [2.05, 4.69) is 15.3 Å². The van der Waals surface area contributed by atoms with Crippen molar-refractivity contribution in [1.29, 1.82) is 0 Å². The van der Waals surface area contributed by atoms with Crippen LogP contribution in [-0.4, -0.2) is 58.3 Å². The number of hydrogen-bond acceptors (Lipinski definition) is 7. The molecule has 2 aromatic carbocycles. The lowest BCUT2D eigenvalue weighted by atomic mass is 10.0. The first-order valence-electron chi connectivity index (χ1n) is 14.8. The maximum absolute atomic E-state index is 14.0. The van der Waals surface area contributed by atoms with Gasteiger partial charge in [0.05, 0.1) is 17.6 Å². The van der Waals surface area contributed by atoms with E-state index in [1.165, 1.54) is 16.1 Å². The van der Waals surface area contributed by atoms with Crippen molar-refractivity contribution in [2.45, 2.75) is 25.3 Å². The SMILES string of the molecule is Cc1ccc(S(=O)(=O)n2cc(-c3cnn(Cc4cccc(F)c4)c3C)c3cc(-c4ccc(N5CCNCC5)nc4)cnc32)cc1.Cl. The minimum absolute atomic E-state index is 0. The molecule has 236 valence electrons. The fourth-order valence-electron chi connectivity index (χ4n) is 5.78. The van der Waals surface area contributed by atoms with E-state index < -0.39 is 10.0 Å². The zero-order valence-corrected chi connectivity index (χ0v) is 27.0. The normalized spacial score (nSPS) is 13.6. The van der Waals surface area contributed by atoms with Crippen LogP contribution in [0.15, 0.2) is 96.4 Å². The van der Waals surface area contributed by atoms with E-state index in [1.807, 2.05) is 44.3 Å². The van der Waals surface area contributed by atoms with Gasteiger partial charge in [-0.15, -0.1) is 12.4 Å². The molecule has 1 aliphatic rings.